The highest BCUT2D eigenvalue weighted by Crippen LogP contribution is 2.20. The fraction of sp³-hybridized carbons (Fsp3) is 0.273. The van der Waals surface area contributed by atoms with Gasteiger partial charge >= 0.3 is 0 Å². The van der Waals surface area contributed by atoms with Crippen molar-refractivity contribution in [3.05, 3.63) is 35.9 Å². The Bertz CT molecular complexity index is 336. The van der Waals surface area contributed by atoms with E-state index in [9.17, 15) is 0 Å². The Balaban J connectivity index is 0.000000980. The summed E-state index contributed by atoms with van der Waals surface area (Å²) in [6.07, 6.45) is 2.22. The monoisotopic (exact) mass is 211 g/mol. The molecule has 14 heavy (non-hydrogen) atoms. The van der Waals surface area contributed by atoms with E-state index in [0.717, 1.165) is 18.8 Å². The molecule has 0 fully saturated rings. The van der Waals surface area contributed by atoms with Gasteiger partial charge in [0.2, 0.25) is 0 Å². The molecule has 3 heteroatoms. The molecule has 1 aliphatic heterocycles. The molecular weight excluding hydrogens is 198 g/mol. The average molecular weight is 212 g/mol. The predicted octanol–water partition coefficient (Wildman–Crippen LogP) is 2.10. The summed E-state index contributed by atoms with van der Waals surface area (Å²) in [4.78, 5) is 0. The molecule has 0 aromatic heterocycles. The van der Waals surface area contributed by atoms with Crippen LogP contribution in [0.4, 0.5) is 0 Å². The quantitative estimate of drug-likeness (QED) is 0.809. The molecule has 0 aliphatic carbocycles. The van der Waals surface area contributed by atoms with Crippen molar-refractivity contribution in [2.75, 3.05) is 20.2 Å². The third kappa shape index (κ3) is 2.28. The predicted molar refractivity (Wildman–Crippen MR) is 61.1 cm³/mol. The van der Waals surface area contributed by atoms with Gasteiger partial charge in [0.1, 0.15) is 5.75 Å². The van der Waals surface area contributed by atoms with Crippen LogP contribution in [0.25, 0.3) is 5.57 Å². The van der Waals surface area contributed by atoms with E-state index in [4.69, 9.17) is 4.74 Å². The standard InChI is InChI=1S/C11H13NO.ClH/c1-13-11-4-2-3-9(7-11)10-5-6-12-8-10;/h2-5,7,12H,6,8H2,1H3;1H. The largest absolute Gasteiger partial charge is 0.497 e. The smallest absolute Gasteiger partial charge is 0.119 e. The highest BCUT2D eigenvalue weighted by atomic mass is 35.5. The van der Waals surface area contributed by atoms with Crippen molar-refractivity contribution in [2.24, 2.45) is 0 Å². The van der Waals surface area contributed by atoms with Gasteiger partial charge in [0.15, 0.2) is 0 Å². The maximum absolute atomic E-state index is 5.17. The first-order valence-electron chi connectivity index (χ1n) is 4.44. The molecule has 0 saturated carbocycles. The van der Waals surface area contributed by atoms with Crippen LogP contribution >= 0.6 is 12.4 Å². The van der Waals surface area contributed by atoms with Crippen molar-refractivity contribution in [3.8, 4) is 5.75 Å². The van der Waals surface area contributed by atoms with E-state index in [1.54, 1.807) is 7.11 Å². The SMILES string of the molecule is COc1cccc(C2=CCNC2)c1.Cl. The van der Waals surface area contributed by atoms with Crippen LogP contribution in [0.5, 0.6) is 5.75 Å². The van der Waals surface area contributed by atoms with E-state index in [1.165, 1.54) is 11.1 Å². The Morgan fingerprint density at radius 1 is 1.36 bits per heavy atom. The third-order valence-electron chi connectivity index (χ3n) is 2.25. The lowest BCUT2D eigenvalue weighted by atomic mass is 10.1. The van der Waals surface area contributed by atoms with Crippen LogP contribution in [-0.4, -0.2) is 20.2 Å². The molecule has 1 aromatic rings. The lowest BCUT2D eigenvalue weighted by Crippen LogP contribution is -2.07. The van der Waals surface area contributed by atoms with Gasteiger partial charge in [0, 0.05) is 13.1 Å². The van der Waals surface area contributed by atoms with Gasteiger partial charge in [-0.2, -0.15) is 0 Å². The number of benzene rings is 1. The first kappa shape index (κ1) is 11.1. The van der Waals surface area contributed by atoms with E-state index < -0.39 is 0 Å². The van der Waals surface area contributed by atoms with Crippen molar-refractivity contribution < 1.29 is 4.74 Å². The molecule has 0 unspecified atom stereocenters. The molecular formula is C11H14ClNO. The van der Waals surface area contributed by atoms with E-state index in [-0.39, 0.29) is 12.4 Å². The van der Waals surface area contributed by atoms with Crippen LogP contribution in [0.3, 0.4) is 0 Å². The lowest BCUT2D eigenvalue weighted by molar-refractivity contribution is 0.414. The van der Waals surface area contributed by atoms with Gasteiger partial charge in [-0.1, -0.05) is 18.2 Å². The van der Waals surface area contributed by atoms with Crippen molar-refractivity contribution in [1.82, 2.24) is 5.32 Å². The first-order chi connectivity index (χ1) is 6.40. The molecule has 0 saturated heterocycles. The zero-order valence-electron chi connectivity index (χ0n) is 8.12. The molecule has 0 spiro atoms. The number of hydrogen-bond acceptors (Lipinski definition) is 2. The molecule has 1 heterocycles. The van der Waals surface area contributed by atoms with Crippen molar-refractivity contribution >= 4 is 18.0 Å². The zero-order valence-corrected chi connectivity index (χ0v) is 8.93. The molecule has 0 amide bonds. The summed E-state index contributed by atoms with van der Waals surface area (Å²) in [5.74, 6) is 0.922. The van der Waals surface area contributed by atoms with E-state index in [1.807, 2.05) is 12.1 Å². The average Bonchev–Trinajstić information content (AvgIpc) is 2.71. The Hall–Kier alpha value is -0.990. The zero-order chi connectivity index (χ0) is 9.10. The number of ether oxygens (including phenoxy) is 1. The van der Waals surface area contributed by atoms with Gasteiger partial charge < -0.3 is 10.1 Å². The summed E-state index contributed by atoms with van der Waals surface area (Å²) in [6.45, 7) is 1.94. The summed E-state index contributed by atoms with van der Waals surface area (Å²) in [5.41, 5.74) is 2.61. The van der Waals surface area contributed by atoms with Crippen LogP contribution in [0, 0.1) is 0 Å². The Labute approximate surface area is 90.4 Å². The first-order valence-corrected chi connectivity index (χ1v) is 4.44. The van der Waals surface area contributed by atoms with Crippen molar-refractivity contribution in [3.63, 3.8) is 0 Å². The van der Waals surface area contributed by atoms with Crippen LogP contribution in [0.1, 0.15) is 5.56 Å². The van der Waals surface area contributed by atoms with E-state index >= 15 is 0 Å². The second-order valence-electron chi connectivity index (χ2n) is 3.09. The second kappa shape index (κ2) is 5.03. The maximum atomic E-state index is 5.17. The lowest BCUT2D eigenvalue weighted by Gasteiger charge is -2.04. The Morgan fingerprint density at radius 3 is 2.86 bits per heavy atom. The maximum Gasteiger partial charge on any atom is 0.119 e. The number of halogens is 1. The molecule has 1 aliphatic rings. The minimum atomic E-state index is 0. The summed E-state index contributed by atoms with van der Waals surface area (Å²) >= 11 is 0. The number of methoxy groups -OCH3 is 1. The highest BCUT2D eigenvalue weighted by Gasteiger charge is 2.06. The van der Waals surface area contributed by atoms with Gasteiger partial charge in [-0.15, -0.1) is 12.4 Å². The fourth-order valence-electron chi connectivity index (χ4n) is 1.52. The van der Waals surface area contributed by atoms with E-state index in [0.29, 0.717) is 0 Å². The van der Waals surface area contributed by atoms with Crippen molar-refractivity contribution in [1.29, 1.82) is 0 Å². The van der Waals surface area contributed by atoms with Crippen LogP contribution in [-0.2, 0) is 0 Å². The molecule has 0 bridgehead atoms. The van der Waals surface area contributed by atoms with Gasteiger partial charge in [-0.25, -0.2) is 0 Å². The fourth-order valence-corrected chi connectivity index (χ4v) is 1.52. The second-order valence-corrected chi connectivity index (χ2v) is 3.09. The van der Waals surface area contributed by atoms with Gasteiger partial charge in [-0.05, 0) is 23.3 Å². The van der Waals surface area contributed by atoms with E-state index in [2.05, 4.69) is 23.5 Å². The van der Waals surface area contributed by atoms with Gasteiger partial charge in [-0.3, -0.25) is 0 Å². The highest BCUT2D eigenvalue weighted by molar-refractivity contribution is 5.85. The number of rotatable bonds is 2. The van der Waals surface area contributed by atoms with Crippen molar-refractivity contribution in [2.45, 2.75) is 0 Å². The Kier molecular flexibility index (Phi) is 3.98. The molecule has 2 rings (SSSR count). The molecule has 0 radical (unpaired) electrons. The molecule has 0 atom stereocenters. The Morgan fingerprint density at radius 2 is 2.21 bits per heavy atom. The summed E-state index contributed by atoms with van der Waals surface area (Å²) in [6, 6.07) is 8.17. The molecule has 1 N–H and O–H groups in total. The van der Waals surface area contributed by atoms with Crippen LogP contribution in [0.2, 0.25) is 0 Å². The topological polar surface area (TPSA) is 21.3 Å². The van der Waals surface area contributed by atoms with Crippen LogP contribution < -0.4 is 10.1 Å². The van der Waals surface area contributed by atoms with Gasteiger partial charge in [0.25, 0.3) is 0 Å². The van der Waals surface area contributed by atoms with Crippen LogP contribution in [0.15, 0.2) is 30.3 Å². The minimum Gasteiger partial charge on any atom is -0.497 e. The normalized spacial score (nSPS) is 14.5. The summed E-state index contributed by atoms with van der Waals surface area (Å²) < 4.78 is 5.17. The molecule has 2 nitrogen and oxygen atoms in total. The third-order valence-corrected chi connectivity index (χ3v) is 2.25. The molecule has 76 valence electrons. The summed E-state index contributed by atoms with van der Waals surface area (Å²) in [7, 11) is 1.69. The molecule has 1 aromatic carbocycles. The number of nitrogens with one attached hydrogen (secondary N) is 1. The minimum absolute atomic E-state index is 0. The summed E-state index contributed by atoms with van der Waals surface area (Å²) in [5, 5.41) is 3.27. The van der Waals surface area contributed by atoms with Gasteiger partial charge in [0.05, 0.1) is 7.11 Å². The number of hydrogen-bond donors (Lipinski definition) is 1.